The molecule has 0 saturated carbocycles. The van der Waals surface area contributed by atoms with E-state index in [1.807, 2.05) is 48.2 Å². The number of para-hydroxylation sites is 1. The molecule has 0 aliphatic carbocycles. The lowest BCUT2D eigenvalue weighted by atomic mass is 10.1. The van der Waals surface area contributed by atoms with Gasteiger partial charge in [-0.1, -0.05) is 48.5 Å². The van der Waals surface area contributed by atoms with E-state index in [-0.39, 0.29) is 0 Å². The summed E-state index contributed by atoms with van der Waals surface area (Å²) in [5.41, 5.74) is 2.27. The molecule has 0 amide bonds. The van der Waals surface area contributed by atoms with Gasteiger partial charge in [-0.2, -0.15) is 11.8 Å². The fourth-order valence-electron chi connectivity index (χ4n) is 2.27. The average Bonchev–Trinajstić information content (AvgIpc) is 2.65. The summed E-state index contributed by atoms with van der Waals surface area (Å²) in [7, 11) is 1.78. The van der Waals surface area contributed by atoms with Gasteiger partial charge in [-0.05, 0) is 17.9 Å². The highest BCUT2D eigenvalue weighted by atomic mass is 32.2. The van der Waals surface area contributed by atoms with Crippen molar-refractivity contribution in [1.82, 2.24) is 10.6 Å². The molecule has 5 heteroatoms. The van der Waals surface area contributed by atoms with Crippen LogP contribution in [-0.4, -0.2) is 44.7 Å². The molecule has 0 spiro atoms. The number of hydrogen-bond acceptors (Lipinski definition) is 3. The first-order valence-corrected chi connectivity index (χ1v) is 9.45. The Hall–Kier alpha value is -2.14. The average molecular weight is 343 g/mol. The SMILES string of the molecule is CN=C(NCCOc1ccccc1-c1ccccc1)NCCSC. The largest absolute Gasteiger partial charge is 0.491 e. The van der Waals surface area contributed by atoms with Crippen molar-refractivity contribution >= 4 is 17.7 Å². The van der Waals surface area contributed by atoms with Gasteiger partial charge in [0.1, 0.15) is 12.4 Å². The van der Waals surface area contributed by atoms with Crippen LogP contribution in [0.4, 0.5) is 0 Å². The number of aliphatic imine (C=N–C) groups is 1. The van der Waals surface area contributed by atoms with Gasteiger partial charge in [0.05, 0.1) is 6.54 Å². The number of guanidine groups is 1. The summed E-state index contributed by atoms with van der Waals surface area (Å²) < 4.78 is 5.96. The standard InChI is InChI=1S/C19H25N3OS/c1-20-19(22-13-15-24-2)21-12-14-23-18-11-7-6-10-17(18)16-8-4-3-5-9-16/h3-11H,12-15H2,1-2H3,(H2,20,21,22). The van der Waals surface area contributed by atoms with Crippen LogP contribution in [0, 0.1) is 0 Å². The zero-order valence-corrected chi connectivity index (χ0v) is 15.1. The summed E-state index contributed by atoms with van der Waals surface area (Å²) in [6.45, 7) is 2.17. The van der Waals surface area contributed by atoms with E-state index in [0.717, 1.165) is 35.1 Å². The van der Waals surface area contributed by atoms with Gasteiger partial charge >= 0.3 is 0 Å². The Labute approximate surface area is 148 Å². The Morgan fingerprint density at radius 2 is 1.71 bits per heavy atom. The molecular weight excluding hydrogens is 318 g/mol. The van der Waals surface area contributed by atoms with Crippen LogP contribution in [0.25, 0.3) is 11.1 Å². The van der Waals surface area contributed by atoms with Crippen LogP contribution in [0.2, 0.25) is 0 Å². The minimum atomic E-state index is 0.576. The fourth-order valence-corrected chi connectivity index (χ4v) is 2.58. The smallest absolute Gasteiger partial charge is 0.191 e. The lowest BCUT2D eigenvalue weighted by Crippen LogP contribution is -2.40. The molecule has 128 valence electrons. The van der Waals surface area contributed by atoms with Gasteiger partial charge in [-0.3, -0.25) is 4.99 Å². The Morgan fingerprint density at radius 3 is 2.46 bits per heavy atom. The Balaban J connectivity index is 1.85. The molecule has 0 bridgehead atoms. The lowest BCUT2D eigenvalue weighted by Gasteiger charge is -2.14. The normalized spacial score (nSPS) is 11.2. The second-order valence-electron chi connectivity index (χ2n) is 5.13. The number of thioether (sulfide) groups is 1. The Bertz CT molecular complexity index is 632. The maximum atomic E-state index is 5.96. The molecule has 0 aromatic heterocycles. The minimum Gasteiger partial charge on any atom is -0.491 e. The van der Waals surface area contributed by atoms with Crippen molar-refractivity contribution in [2.24, 2.45) is 4.99 Å². The Kier molecular flexibility index (Phi) is 8.04. The van der Waals surface area contributed by atoms with Crippen LogP contribution in [0.5, 0.6) is 5.75 Å². The van der Waals surface area contributed by atoms with Crippen LogP contribution in [-0.2, 0) is 0 Å². The van der Waals surface area contributed by atoms with E-state index in [0.29, 0.717) is 13.2 Å². The highest BCUT2D eigenvalue weighted by Crippen LogP contribution is 2.29. The molecule has 0 aliphatic rings. The van der Waals surface area contributed by atoms with Crippen molar-refractivity contribution in [2.75, 3.05) is 38.8 Å². The van der Waals surface area contributed by atoms with Crippen molar-refractivity contribution in [3.8, 4) is 16.9 Å². The van der Waals surface area contributed by atoms with Crippen LogP contribution in [0.15, 0.2) is 59.6 Å². The summed E-state index contributed by atoms with van der Waals surface area (Å²) in [5.74, 6) is 2.77. The predicted molar refractivity (Wildman–Crippen MR) is 105 cm³/mol. The molecule has 0 atom stereocenters. The van der Waals surface area contributed by atoms with E-state index in [4.69, 9.17) is 4.74 Å². The highest BCUT2D eigenvalue weighted by molar-refractivity contribution is 7.98. The van der Waals surface area contributed by atoms with Crippen LogP contribution >= 0.6 is 11.8 Å². The molecule has 0 unspecified atom stereocenters. The van der Waals surface area contributed by atoms with E-state index in [1.165, 1.54) is 0 Å². The maximum absolute atomic E-state index is 5.96. The molecule has 0 aliphatic heterocycles. The molecule has 0 heterocycles. The molecule has 0 fully saturated rings. The van der Waals surface area contributed by atoms with Gasteiger partial charge in [0.15, 0.2) is 5.96 Å². The second-order valence-corrected chi connectivity index (χ2v) is 6.11. The third kappa shape index (κ3) is 5.81. The number of nitrogens with zero attached hydrogens (tertiary/aromatic N) is 1. The number of nitrogens with one attached hydrogen (secondary N) is 2. The van der Waals surface area contributed by atoms with E-state index in [2.05, 4.69) is 40.1 Å². The molecule has 2 aromatic rings. The molecule has 0 saturated heterocycles. The maximum Gasteiger partial charge on any atom is 0.191 e. The van der Waals surface area contributed by atoms with Gasteiger partial charge in [0.25, 0.3) is 0 Å². The van der Waals surface area contributed by atoms with Crippen LogP contribution < -0.4 is 15.4 Å². The van der Waals surface area contributed by atoms with Gasteiger partial charge in [0.2, 0.25) is 0 Å². The zero-order valence-electron chi connectivity index (χ0n) is 14.3. The lowest BCUT2D eigenvalue weighted by molar-refractivity contribution is 0.323. The van der Waals surface area contributed by atoms with Crippen molar-refractivity contribution in [1.29, 1.82) is 0 Å². The molecule has 4 nitrogen and oxygen atoms in total. The summed E-state index contributed by atoms with van der Waals surface area (Å²) >= 11 is 1.81. The molecule has 24 heavy (non-hydrogen) atoms. The third-order valence-corrected chi connectivity index (χ3v) is 4.06. The minimum absolute atomic E-state index is 0.576. The summed E-state index contributed by atoms with van der Waals surface area (Å²) in [4.78, 5) is 4.20. The van der Waals surface area contributed by atoms with Crippen molar-refractivity contribution in [3.05, 3.63) is 54.6 Å². The summed E-state index contributed by atoms with van der Waals surface area (Å²) in [6.07, 6.45) is 2.09. The molecule has 2 rings (SSSR count). The topological polar surface area (TPSA) is 45.7 Å². The number of benzene rings is 2. The van der Waals surface area contributed by atoms with Crippen molar-refractivity contribution in [3.63, 3.8) is 0 Å². The first-order valence-electron chi connectivity index (χ1n) is 8.06. The summed E-state index contributed by atoms with van der Waals surface area (Å²) in [6, 6.07) is 18.4. The number of rotatable bonds is 8. The molecule has 2 N–H and O–H groups in total. The van der Waals surface area contributed by atoms with Gasteiger partial charge in [0, 0.05) is 24.9 Å². The van der Waals surface area contributed by atoms with Crippen molar-refractivity contribution < 1.29 is 4.74 Å². The Morgan fingerprint density at radius 1 is 1.00 bits per heavy atom. The van der Waals surface area contributed by atoms with Crippen LogP contribution in [0.3, 0.4) is 0 Å². The highest BCUT2D eigenvalue weighted by Gasteiger charge is 2.05. The second kappa shape index (κ2) is 10.6. The monoisotopic (exact) mass is 343 g/mol. The van der Waals surface area contributed by atoms with Gasteiger partial charge in [-0.15, -0.1) is 0 Å². The van der Waals surface area contributed by atoms with E-state index in [1.54, 1.807) is 7.05 Å². The summed E-state index contributed by atoms with van der Waals surface area (Å²) in [5, 5.41) is 6.53. The molecular formula is C19H25N3OS. The first kappa shape index (κ1) is 18.2. The quantitative estimate of drug-likeness (QED) is 0.439. The molecule has 2 aromatic carbocycles. The van der Waals surface area contributed by atoms with Crippen LogP contribution in [0.1, 0.15) is 0 Å². The van der Waals surface area contributed by atoms with E-state index < -0.39 is 0 Å². The van der Waals surface area contributed by atoms with Crippen molar-refractivity contribution in [2.45, 2.75) is 0 Å². The fraction of sp³-hybridized carbons (Fsp3) is 0.316. The van der Waals surface area contributed by atoms with E-state index in [9.17, 15) is 0 Å². The van der Waals surface area contributed by atoms with E-state index >= 15 is 0 Å². The zero-order chi connectivity index (χ0) is 17.0. The third-order valence-electron chi connectivity index (χ3n) is 3.45. The predicted octanol–water partition coefficient (Wildman–Crippen LogP) is 3.26. The molecule has 0 radical (unpaired) electrons. The number of ether oxygens (including phenoxy) is 1. The van der Waals surface area contributed by atoms with Gasteiger partial charge < -0.3 is 15.4 Å². The first-order chi connectivity index (χ1) is 11.8. The van der Waals surface area contributed by atoms with Gasteiger partial charge in [-0.25, -0.2) is 0 Å². The number of hydrogen-bond donors (Lipinski definition) is 2.